The number of benzene rings is 2. The second-order valence-electron chi connectivity index (χ2n) is 7.00. The van der Waals surface area contributed by atoms with Gasteiger partial charge in [-0.1, -0.05) is 31.5 Å². The molecule has 2 N–H and O–H groups in total. The van der Waals surface area contributed by atoms with Crippen molar-refractivity contribution >= 4 is 28.4 Å². The number of carbonyl (C=O) groups is 1. The van der Waals surface area contributed by atoms with Crippen LogP contribution in [0.15, 0.2) is 42.6 Å². The van der Waals surface area contributed by atoms with Crippen molar-refractivity contribution in [2.45, 2.75) is 19.3 Å². The minimum atomic E-state index is -0.312. The van der Waals surface area contributed by atoms with Gasteiger partial charge in [-0.15, -0.1) is 0 Å². The molecule has 2 aromatic carbocycles. The molecule has 3 rings (SSSR count). The predicted molar refractivity (Wildman–Crippen MR) is 108 cm³/mol. The van der Waals surface area contributed by atoms with Gasteiger partial charge in [0.1, 0.15) is 17.1 Å². The van der Waals surface area contributed by atoms with Crippen molar-refractivity contribution in [2.75, 3.05) is 20.8 Å². The number of nitrogens with one attached hydrogen (secondary N) is 2. The molecule has 142 valence electrons. The van der Waals surface area contributed by atoms with Crippen LogP contribution < -0.4 is 14.8 Å². The van der Waals surface area contributed by atoms with E-state index in [1.54, 1.807) is 18.2 Å². The van der Waals surface area contributed by atoms with Crippen molar-refractivity contribution < 1.29 is 14.3 Å². The van der Waals surface area contributed by atoms with E-state index in [2.05, 4.69) is 24.1 Å². The lowest BCUT2D eigenvalue weighted by atomic mass is 9.84. The number of halogens is 1. The quantitative estimate of drug-likeness (QED) is 0.653. The highest BCUT2D eigenvalue weighted by Gasteiger charge is 2.26. The molecule has 0 aliphatic rings. The Bertz CT molecular complexity index is 956. The van der Waals surface area contributed by atoms with Gasteiger partial charge < -0.3 is 19.8 Å². The number of H-pyrrole nitrogens is 1. The lowest BCUT2D eigenvalue weighted by molar-refractivity contribution is 0.0939. The van der Waals surface area contributed by atoms with Crippen LogP contribution in [0, 0.1) is 0 Å². The molecule has 27 heavy (non-hydrogen) atoms. The van der Waals surface area contributed by atoms with Crippen LogP contribution in [0.2, 0.25) is 5.02 Å². The van der Waals surface area contributed by atoms with E-state index in [9.17, 15) is 4.79 Å². The van der Waals surface area contributed by atoms with Crippen LogP contribution >= 0.6 is 11.6 Å². The van der Waals surface area contributed by atoms with E-state index >= 15 is 0 Å². The summed E-state index contributed by atoms with van der Waals surface area (Å²) in [6, 6.07) is 11.0. The van der Waals surface area contributed by atoms with Crippen molar-refractivity contribution in [3.8, 4) is 11.5 Å². The van der Waals surface area contributed by atoms with Gasteiger partial charge >= 0.3 is 0 Å². The lowest BCUT2D eigenvalue weighted by Crippen LogP contribution is -2.36. The highest BCUT2D eigenvalue weighted by atomic mass is 35.5. The minimum absolute atomic E-state index is 0.241. The largest absolute Gasteiger partial charge is 0.496 e. The third-order valence-electron chi connectivity index (χ3n) is 4.72. The van der Waals surface area contributed by atoms with E-state index in [4.69, 9.17) is 21.1 Å². The molecule has 3 aromatic rings. The van der Waals surface area contributed by atoms with Crippen molar-refractivity contribution in [2.24, 2.45) is 0 Å². The molecule has 0 fully saturated rings. The van der Waals surface area contributed by atoms with E-state index in [1.165, 1.54) is 14.2 Å². The van der Waals surface area contributed by atoms with Crippen molar-refractivity contribution in [1.82, 2.24) is 10.3 Å². The fraction of sp³-hybridized carbons (Fsp3) is 0.286. The molecule has 1 amide bonds. The second kappa shape index (κ2) is 7.53. The van der Waals surface area contributed by atoms with Gasteiger partial charge in [0.15, 0.2) is 0 Å². The van der Waals surface area contributed by atoms with Crippen LogP contribution in [-0.2, 0) is 5.41 Å². The summed E-state index contributed by atoms with van der Waals surface area (Å²) < 4.78 is 10.6. The molecule has 0 radical (unpaired) electrons. The molecule has 0 aliphatic heterocycles. The summed E-state index contributed by atoms with van der Waals surface area (Å²) in [6.07, 6.45) is 1.97. The number of hydrogen-bond acceptors (Lipinski definition) is 3. The molecule has 0 spiro atoms. The Morgan fingerprint density at radius 1 is 1.15 bits per heavy atom. The first-order valence-electron chi connectivity index (χ1n) is 8.63. The Hall–Kier alpha value is -2.66. The molecule has 0 saturated carbocycles. The van der Waals surface area contributed by atoms with Gasteiger partial charge in [0.25, 0.3) is 5.91 Å². The van der Waals surface area contributed by atoms with Crippen LogP contribution in [0.5, 0.6) is 11.5 Å². The SMILES string of the molecule is COc1cccc(OC)c1C(=O)NCC(C)(C)c1c[nH]c2ccc(Cl)cc12. The number of hydrogen-bond donors (Lipinski definition) is 2. The molecule has 0 aliphatic carbocycles. The number of rotatable bonds is 6. The summed E-state index contributed by atoms with van der Waals surface area (Å²) in [5, 5.41) is 4.75. The standard InChI is InChI=1S/C21H23ClN2O3/c1-21(2,15-11-23-16-9-8-13(22)10-14(15)16)12-24-20(25)19-17(26-3)6-5-7-18(19)27-4/h5-11,23H,12H2,1-4H3,(H,24,25). The van der Waals surface area contributed by atoms with Gasteiger partial charge in [0, 0.05) is 34.1 Å². The van der Waals surface area contributed by atoms with Crippen molar-refractivity contribution in [3.63, 3.8) is 0 Å². The summed E-state index contributed by atoms with van der Waals surface area (Å²) in [6.45, 7) is 4.60. The minimum Gasteiger partial charge on any atom is -0.496 e. The Balaban J connectivity index is 1.85. The van der Waals surface area contributed by atoms with Gasteiger partial charge in [-0.05, 0) is 35.9 Å². The van der Waals surface area contributed by atoms with Gasteiger partial charge in [-0.2, -0.15) is 0 Å². The third kappa shape index (κ3) is 3.74. The summed E-state index contributed by atoms with van der Waals surface area (Å²) in [5.41, 5.74) is 2.18. The zero-order chi connectivity index (χ0) is 19.6. The molecule has 0 bridgehead atoms. The molecular formula is C21H23ClN2O3. The molecule has 1 heterocycles. The molecular weight excluding hydrogens is 364 g/mol. The fourth-order valence-electron chi connectivity index (χ4n) is 3.21. The van der Waals surface area contributed by atoms with E-state index in [0.29, 0.717) is 28.6 Å². The Morgan fingerprint density at radius 3 is 2.44 bits per heavy atom. The number of ether oxygens (including phenoxy) is 2. The summed E-state index contributed by atoms with van der Waals surface area (Å²) >= 11 is 6.16. The van der Waals surface area contributed by atoms with Crippen LogP contribution in [0.25, 0.3) is 10.9 Å². The smallest absolute Gasteiger partial charge is 0.258 e. The predicted octanol–water partition coefficient (Wildman–Crippen LogP) is 4.55. The second-order valence-corrected chi connectivity index (χ2v) is 7.43. The van der Waals surface area contributed by atoms with Crippen molar-refractivity contribution in [1.29, 1.82) is 0 Å². The molecule has 0 atom stereocenters. The lowest BCUT2D eigenvalue weighted by Gasteiger charge is -2.25. The highest BCUT2D eigenvalue weighted by molar-refractivity contribution is 6.31. The van der Waals surface area contributed by atoms with Gasteiger partial charge in [0.05, 0.1) is 14.2 Å². The molecule has 5 nitrogen and oxygen atoms in total. The maximum Gasteiger partial charge on any atom is 0.258 e. The van der Waals surface area contributed by atoms with Crippen LogP contribution in [0.4, 0.5) is 0 Å². The topological polar surface area (TPSA) is 63.4 Å². The van der Waals surface area contributed by atoms with Crippen LogP contribution in [0.1, 0.15) is 29.8 Å². The third-order valence-corrected chi connectivity index (χ3v) is 4.95. The highest BCUT2D eigenvalue weighted by Crippen LogP contribution is 2.32. The molecule has 1 aromatic heterocycles. The maximum absolute atomic E-state index is 12.8. The average molecular weight is 387 g/mol. The number of carbonyl (C=O) groups excluding carboxylic acids is 1. The van der Waals surface area contributed by atoms with E-state index in [1.807, 2.05) is 24.4 Å². The molecule has 0 unspecified atom stereocenters. The zero-order valence-corrected chi connectivity index (χ0v) is 16.6. The van der Waals surface area contributed by atoms with Gasteiger partial charge in [-0.25, -0.2) is 0 Å². The summed E-state index contributed by atoms with van der Waals surface area (Å²) in [4.78, 5) is 16.1. The maximum atomic E-state index is 12.8. The Kier molecular flexibility index (Phi) is 5.33. The van der Waals surface area contributed by atoms with E-state index < -0.39 is 0 Å². The Labute approximate surface area is 163 Å². The number of methoxy groups -OCH3 is 2. The summed E-state index contributed by atoms with van der Waals surface area (Å²) in [7, 11) is 3.07. The van der Waals surface area contributed by atoms with Gasteiger partial charge in [-0.3, -0.25) is 4.79 Å². The number of aromatic amines is 1. The first kappa shape index (κ1) is 19.1. The molecule has 6 heteroatoms. The monoisotopic (exact) mass is 386 g/mol. The van der Waals surface area contributed by atoms with Crippen LogP contribution in [0.3, 0.4) is 0 Å². The number of fused-ring (bicyclic) bond motifs is 1. The zero-order valence-electron chi connectivity index (χ0n) is 15.9. The van der Waals surface area contributed by atoms with E-state index in [-0.39, 0.29) is 11.3 Å². The number of amides is 1. The average Bonchev–Trinajstić information content (AvgIpc) is 3.09. The Morgan fingerprint density at radius 2 is 1.81 bits per heavy atom. The first-order chi connectivity index (χ1) is 12.9. The first-order valence-corrected chi connectivity index (χ1v) is 9.01. The normalized spacial score (nSPS) is 11.4. The van der Waals surface area contributed by atoms with Crippen LogP contribution in [-0.4, -0.2) is 31.7 Å². The fourth-order valence-corrected chi connectivity index (χ4v) is 3.38. The van der Waals surface area contributed by atoms with E-state index in [0.717, 1.165) is 16.5 Å². The van der Waals surface area contributed by atoms with Gasteiger partial charge in [0.2, 0.25) is 0 Å². The van der Waals surface area contributed by atoms with Crippen molar-refractivity contribution in [3.05, 3.63) is 58.7 Å². The number of aromatic nitrogens is 1. The molecule has 0 saturated heterocycles. The summed E-state index contributed by atoms with van der Waals surface area (Å²) in [5.74, 6) is 0.710.